The molecule has 1 aliphatic heterocycles. The van der Waals surface area contributed by atoms with Crippen molar-refractivity contribution in [1.29, 1.82) is 0 Å². The van der Waals surface area contributed by atoms with Crippen LogP contribution in [0.15, 0.2) is 27.6 Å². The number of benzene rings is 1. The van der Waals surface area contributed by atoms with Crippen LogP contribution in [0.4, 0.5) is 0 Å². The summed E-state index contributed by atoms with van der Waals surface area (Å²) >= 11 is 3.38. The van der Waals surface area contributed by atoms with Crippen molar-refractivity contribution < 1.29 is 18.3 Å². The van der Waals surface area contributed by atoms with Gasteiger partial charge in [-0.1, -0.05) is 22.9 Å². The summed E-state index contributed by atoms with van der Waals surface area (Å²) in [5.41, 5.74) is 0. The predicted molar refractivity (Wildman–Crippen MR) is 96.7 cm³/mol. The summed E-state index contributed by atoms with van der Waals surface area (Å²) in [6.07, 6.45) is -0.156. The molecule has 2 rings (SSSR count). The van der Waals surface area contributed by atoms with Crippen LogP contribution in [0.1, 0.15) is 13.8 Å². The number of likely N-dealkylation sites (N-methyl/N-ethyl adjacent to an activating group) is 1. The van der Waals surface area contributed by atoms with Gasteiger partial charge in [-0.3, -0.25) is 0 Å². The van der Waals surface area contributed by atoms with Crippen LogP contribution < -0.4 is 4.74 Å². The zero-order chi connectivity index (χ0) is 18.1. The lowest BCUT2D eigenvalue weighted by molar-refractivity contribution is 0.0812. The second-order valence-corrected chi connectivity index (χ2v) is 9.37. The molecule has 0 unspecified atom stereocenters. The monoisotopic (exact) mass is 420 g/mol. The van der Waals surface area contributed by atoms with Gasteiger partial charge in [0.05, 0.1) is 6.61 Å². The van der Waals surface area contributed by atoms with E-state index in [1.54, 1.807) is 25.1 Å². The van der Waals surface area contributed by atoms with Crippen LogP contribution in [0, 0.1) is 5.92 Å². The van der Waals surface area contributed by atoms with E-state index in [-0.39, 0.29) is 23.5 Å². The van der Waals surface area contributed by atoms with Gasteiger partial charge in [0.2, 0.25) is 10.0 Å². The van der Waals surface area contributed by atoms with Crippen molar-refractivity contribution in [3.63, 3.8) is 0 Å². The standard InChI is InChI=1S/C16H25BrN2O4S/c1-11-8-19(12(2)10-20)24(21,22)16-6-5-13(17)7-14(16)23-15(11)9-18(3)4/h5-7,11-12,15,20H,8-10H2,1-4H3/t11-,12+,15+/m0/s1. The molecule has 24 heavy (non-hydrogen) atoms. The maximum absolute atomic E-state index is 13.1. The number of hydrogen-bond donors (Lipinski definition) is 1. The van der Waals surface area contributed by atoms with Crippen molar-refractivity contribution in [2.45, 2.75) is 30.9 Å². The maximum Gasteiger partial charge on any atom is 0.247 e. The number of aliphatic hydroxyl groups excluding tert-OH is 1. The minimum Gasteiger partial charge on any atom is -0.487 e. The molecular weight excluding hydrogens is 396 g/mol. The molecule has 0 saturated carbocycles. The SMILES string of the molecule is C[C@H](CO)N1C[C@H](C)[C@@H](CN(C)C)Oc2cc(Br)ccc2S1(=O)=O. The Bertz CT molecular complexity index is 681. The van der Waals surface area contributed by atoms with Crippen LogP contribution in [-0.4, -0.2) is 68.7 Å². The molecule has 0 aromatic heterocycles. The Morgan fingerprint density at radius 1 is 1.46 bits per heavy atom. The van der Waals surface area contributed by atoms with E-state index in [1.807, 2.05) is 25.9 Å². The molecule has 8 heteroatoms. The summed E-state index contributed by atoms with van der Waals surface area (Å²) in [6.45, 7) is 4.44. The van der Waals surface area contributed by atoms with Gasteiger partial charge in [-0.25, -0.2) is 8.42 Å². The lowest BCUT2D eigenvalue weighted by Crippen LogP contribution is -2.49. The van der Waals surface area contributed by atoms with Gasteiger partial charge in [-0.05, 0) is 39.2 Å². The molecule has 1 aliphatic rings. The fraction of sp³-hybridized carbons (Fsp3) is 0.625. The van der Waals surface area contributed by atoms with E-state index in [0.29, 0.717) is 18.8 Å². The molecule has 0 radical (unpaired) electrons. The largest absolute Gasteiger partial charge is 0.487 e. The van der Waals surface area contributed by atoms with Crippen LogP contribution in [0.3, 0.4) is 0 Å². The molecule has 0 saturated heterocycles. The van der Waals surface area contributed by atoms with Gasteiger partial charge in [-0.15, -0.1) is 0 Å². The summed E-state index contributed by atoms with van der Waals surface area (Å²) in [6, 6.07) is 4.43. The number of sulfonamides is 1. The Hall–Kier alpha value is -0.670. The topological polar surface area (TPSA) is 70.1 Å². The highest BCUT2D eigenvalue weighted by Crippen LogP contribution is 2.35. The number of halogens is 1. The fourth-order valence-corrected chi connectivity index (χ4v) is 4.94. The Labute approximate surface area is 152 Å². The zero-order valence-electron chi connectivity index (χ0n) is 14.4. The molecule has 0 spiro atoms. The van der Waals surface area contributed by atoms with E-state index < -0.39 is 16.1 Å². The molecule has 1 heterocycles. The summed E-state index contributed by atoms with van der Waals surface area (Å²) in [5.74, 6) is 0.321. The average molecular weight is 421 g/mol. The highest BCUT2D eigenvalue weighted by atomic mass is 79.9. The molecule has 1 N–H and O–H groups in total. The maximum atomic E-state index is 13.1. The number of aliphatic hydroxyl groups is 1. The summed E-state index contributed by atoms with van der Waals surface area (Å²) in [4.78, 5) is 2.16. The van der Waals surface area contributed by atoms with Crippen LogP contribution >= 0.6 is 15.9 Å². The minimum atomic E-state index is -3.74. The third-order valence-electron chi connectivity index (χ3n) is 4.17. The van der Waals surface area contributed by atoms with Gasteiger partial charge < -0.3 is 14.7 Å². The van der Waals surface area contributed by atoms with Gasteiger partial charge in [0, 0.05) is 29.5 Å². The molecule has 136 valence electrons. The average Bonchev–Trinajstić information content (AvgIpc) is 2.49. The highest BCUT2D eigenvalue weighted by Gasteiger charge is 2.37. The number of rotatable bonds is 4. The molecule has 6 nitrogen and oxygen atoms in total. The summed E-state index contributed by atoms with van der Waals surface area (Å²) in [7, 11) is 0.178. The molecule has 0 aliphatic carbocycles. The van der Waals surface area contributed by atoms with Gasteiger partial charge >= 0.3 is 0 Å². The van der Waals surface area contributed by atoms with Crippen LogP contribution in [0.2, 0.25) is 0 Å². The van der Waals surface area contributed by atoms with Crippen LogP contribution in [0.5, 0.6) is 5.75 Å². The molecule has 0 bridgehead atoms. The number of ether oxygens (including phenoxy) is 1. The van der Waals surface area contributed by atoms with E-state index in [2.05, 4.69) is 15.9 Å². The van der Waals surface area contributed by atoms with Gasteiger partial charge in [0.25, 0.3) is 0 Å². The van der Waals surface area contributed by atoms with Gasteiger partial charge in [-0.2, -0.15) is 4.31 Å². The normalized spacial score (nSPS) is 25.5. The Kier molecular flexibility index (Phi) is 6.30. The van der Waals surface area contributed by atoms with Crippen molar-refractivity contribution in [2.75, 3.05) is 33.8 Å². The first-order chi connectivity index (χ1) is 11.2. The van der Waals surface area contributed by atoms with E-state index in [0.717, 1.165) is 4.47 Å². The Morgan fingerprint density at radius 3 is 2.71 bits per heavy atom. The molecule has 3 atom stereocenters. The van der Waals surface area contributed by atoms with Crippen LogP contribution in [0.25, 0.3) is 0 Å². The van der Waals surface area contributed by atoms with Crippen molar-refractivity contribution in [3.05, 3.63) is 22.7 Å². The summed E-state index contributed by atoms with van der Waals surface area (Å²) < 4.78 is 34.4. The quantitative estimate of drug-likeness (QED) is 0.803. The smallest absolute Gasteiger partial charge is 0.247 e. The Morgan fingerprint density at radius 2 is 2.12 bits per heavy atom. The predicted octanol–water partition coefficient (Wildman–Crippen LogP) is 1.78. The third-order valence-corrected chi connectivity index (χ3v) is 6.69. The van der Waals surface area contributed by atoms with Gasteiger partial charge in [0.1, 0.15) is 16.7 Å². The lowest BCUT2D eigenvalue weighted by atomic mass is 10.0. The third kappa shape index (κ3) is 4.11. The van der Waals surface area contributed by atoms with Crippen molar-refractivity contribution in [3.8, 4) is 5.75 Å². The van der Waals surface area contributed by atoms with Crippen molar-refractivity contribution in [1.82, 2.24) is 9.21 Å². The van der Waals surface area contributed by atoms with E-state index in [4.69, 9.17) is 4.74 Å². The first-order valence-corrected chi connectivity index (χ1v) is 10.1. The fourth-order valence-electron chi connectivity index (χ4n) is 2.78. The van der Waals surface area contributed by atoms with Crippen LogP contribution in [-0.2, 0) is 10.0 Å². The molecule has 1 aromatic rings. The molecular formula is C16H25BrN2O4S. The minimum absolute atomic E-state index is 0.0247. The van der Waals surface area contributed by atoms with E-state index >= 15 is 0 Å². The lowest BCUT2D eigenvalue weighted by Gasteiger charge is -2.37. The van der Waals surface area contributed by atoms with E-state index in [1.165, 1.54) is 4.31 Å². The molecule has 0 fully saturated rings. The first kappa shape index (κ1) is 19.7. The second kappa shape index (κ2) is 7.70. The Balaban J connectivity index is 2.57. The molecule has 1 aromatic carbocycles. The highest BCUT2D eigenvalue weighted by molar-refractivity contribution is 9.10. The number of fused-ring (bicyclic) bond motifs is 1. The number of hydrogen-bond acceptors (Lipinski definition) is 5. The summed E-state index contributed by atoms with van der Waals surface area (Å²) in [5, 5.41) is 9.52. The van der Waals surface area contributed by atoms with Gasteiger partial charge in [0.15, 0.2) is 0 Å². The zero-order valence-corrected chi connectivity index (χ0v) is 16.8. The first-order valence-electron chi connectivity index (χ1n) is 7.90. The van der Waals surface area contributed by atoms with Crippen molar-refractivity contribution in [2.24, 2.45) is 5.92 Å². The second-order valence-electron chi connectivity index (χ2n) is 6.59. The van der Waals surface area contributed by atoms with Crippen molar-refractivity contribution >= 4 is 26.0 Å². The number of nitrogens with zero attached hydrogens (tertiary/aromatic N) is 2. The van der Waals surface area contributed by atoms with E-state index in [9.17, 15) is 13.5 Å². The molecule has 0 amide bonds.